The number of hydrogen-bond donors (Lipinski definition) is 1. The SMILES string of the molecule is NC(=O)c1ccc(COc2ccc3c(c2)CCN(C2CCN(C4CCC4)CC2)C3=O)cc1. The standard InChI is InChI=1S/C26H31N3O3/c27-25(30)19-6-4-18(5-7-19)17-32-23-8-9-24-20(16-23)10-15-29(26(24)31)22-11-13-28(14-12-22)21-2-1-3-21/h4-9,16,21-22H,1-3,10-15,17H2,(H2,27,30). The molecule has 0 bridgehead atoms. The van der Waals surface area contributed by atoms with Gasteiger partial charge in [-0.2, -0.15) is 0 Å². The molecule has 3 aliphatic rings. The van der Waals surface area contributed by atoms with E-state index >= 15 is 0 Å². The molecule has 0 radical (unpaired) electrons. The van der Waals surface area contributed by atoms with Crippen molar-refractivity contribution in [1.82, 2.24) is 9.80 Å². The van der Waals surface area contributed by atoms with E-state index in [1.54, 1.807) is 12.1 Å². The van der Waals surface area contributed by atoms with Gasteiger partial charge >= 0.3 is 0 Å². The van der Waals surface area contributed by atoms with Gasteiger partial charge in [-0.05, 0) is 73.6 Å². The van der Waals surface area contributed by atoms with Gasteiger partial charge in [0.15, 0.2) is 0 Å². The largest absolute Gasteiger partial charge is 0.489 e. The number of ether oxygens (including phenoxy) is 1. The quantitative estimate of drug-likeness (QED) is 0.758. The van der Waals surface area contributed by atoms with Crippen molar-refractivity contribution >= 4 is 11.8 Å². The molecule has 32 heavy (non-hydrogen) atoms. The van der Waals surface area contributed by atoms with Crippen molar-refractivity contribution in [3.8, 4) is 5.75 Å². The topological polar surface area (TPSA) is 75.9 Å². The average Bonchev–Trinajstić information content (AvgIpc) is 2.78. The number of likely N-dealkylation sites (tertiary alicyclic amines) is 1. The predicted octanol–water partition coefficient (Wildman–Crippen LogP) is 3.38. The van der Waals surface area contributed by atoms with E-state index in [0.717, 1.165) is 67.4 Å². The zero-order valence-corrected chi connectivity index (χ0v) is 18.5. The van der Waals surface area contributed by atoms with Crippen LogP contribution in [-0.4, -0.2) is 53.3 Å². The lowest BCUT2D eigenvalue weighted by Crippen LogP contribution is -2.52. The summed E-state index contributed by atoms with van der Waals surface area (Å²) in [5, 5.41) is 0. The van der Waals surface area contributed by atoms with Crippen LogP contribution >= 0.6 is 0 Å². The fraction of sp³-hybridized carbons (Fsp3) is 0.462. The molecule has 5 rings (SSSR count). The summed E-state index contributed by atoms with van der Waals surface area (Å²) < 4.78 is 5.94. The minimum atomic E-state index is -0.435. The predicted molar refractivity (Wildman–Crippen MR) is 123 cm³/mol. The van der Waals surface area contributed by atoms with Gasteiger partial charge in [0, 0.05) is 42.8 Å². The van der Waals surface area contributed by atoms with Crippen molar-refractivity contribution in [2.75, 3.05) is 19.6 Å². The molecule has 6 nitrogen and oxygen atoms in total. The van der Waals surface area contributed by atoms with Gasteiger partial charge in [-0.1, -0.05) is 18.6 Å². The summed E-state index contributed by atoms with van der Waals surface area (Å²) in [5.74, 6) is 0.495. The minimum absolute atomic E-state index is 0.168. The van der Waals surface area contributed by atoms with Crippen LogP contribution in [0.3, 0.4) is 0 Å². The number of benzene rings is 2. The third-order valence-electron chi connectivity index (χ3n) is 7.36. The Balaban J connectivity index is 1.19. The van der Waals surface area contributed by atoms with Crippen molar-refractivity contribution in [3.63, 3.8) is 0 Å². The van der Waals surface area contributed by atoms with Gasteiger partial charge < -0.3 is 20.3 Å². The van der Waals surface area contributed by atoms with Crippen LogP contribution in [0.4, 0.5) is 0 Å². The molecule has 2 aliphatic heterocycles. The summed E-state index contributed by atoms with van der Waals surface area (Å²) >= 11 is 0. The molecular formula is C26H31N3O3. The summed E-state index contributed by atoms with van der Waals surface area (Å²) in [6.07, 6.45) is 7.13. The second kappa shape index (κ2) is 8.94. The van der Waals surface area contributed by atoms with E-state index in [1.807, 2.05) is 30.3 Å². The molecule has 2 N–H and O–H groups in total. The molecule has 2 amide bonds. The van der Waals surface area contributed by atoms with E-state index in [4.69, 9.17) is 10.5 Å². The van der Waals surface area contributed by atoms with E-state index in [9.17, 15) is 9.59 Å². The van der Waals surface area contributed by atoms with Gasteiger partial charge in [-0.25, -0.2) is 0 Å². The number of rotatable bonds is 6. The molecule has 168 valence electrons. The van der Waals surface area contributed by atoms with Crippen LogP contribution in [0, 0.1) is 0 Å². The van der Waals surface area contributed by atoms with Crippen LogP contribution in [0.2, 0.25) is 0 Å². The number of hydrogen-bond acceptors (Lipinski definition) is 4. The molecule has 0 atom stereocenters. The molecule has 1 saturated carbocycles. The Morgan fingerprint density at radius 3 is 2.38 bits per heavy atom. The van der Waals surface area contributed by atoms with Crippen LogP contribution in [0.5, 0.6) is 5.75 Å². The molecular weight excluding hydrogens is 402 g/mol. The summed E-state index contributed by atoms with van der Waals surface area (Å²) in [5.41, 5.74) is 8.62. The highest BCUT2D eigenvalue weighted by atomic mass is 16.5. The van der Waals surface area contributed by atoms with Crippen molar-refractivity contribution in [1.29, 1.82) is 0 Å². The van der Waals surface area contributed by atoms with Crippen LogP contribution < -0.4 is 10.5 Å². The van der Waals surface area contributed by atoms with E-state index < -0.39 is 5.91 Å². The molecule has 0 aromatic heterocycles. The maximum atomic E-state index is 13.2. The van der Waals surface area contributed by atoms with Crippen molar-refractivity contribution in [2.24, 2.45) is 5.73 Å². The summed E-state index contributed by atoms with van der Waals surface area (Å²) in [6, 6.07) is 14.1. The molecule has 2 aromatic carbocycles. The highest BCUT2D eigenvalue weighted by molar-refractivity contribution is 5.97. The first-order valence-corrected chi connectivity index (χ1v) is 11.8. The maximum absolute atomic E-state index is 13.2. The number of nitrogens with two attached hydrogens (primary N) is 1. The zero-order chi connectivity index (χ0) is 22.1. The second-order valence-electron chi connectivity index (χ2n) is 9.27. The van der Waals surface area contributed by atoms with Gasteiger partial charge in [-0.15, -0.1) is 0 Å². The average molecular weight is 434 g/mol. The second-order valence-corrected chi connectivity index (χ2v) is 9.27. The van der Waals surface area contributed by atoms with Crippen LogP contribution in [-0.2, 0) is 13.0 Å². The number of carbonyl (C=O) groups excluding carboxylic acids is 2. The Kier molecular flexibility index (Phi) is 5.87. The van der Waals surface area contributed by atoms with Gasteiger partial charge in [0.1, 0.15) is 12.4 Å². The molecule has 1 aliphatic carbocycles. The summed E-state index contributed by atoms with van der Waals surface area (Å²) in [6.45, 7) is 3.44. The number of primary amides is 1. The third-order valence-corrected chi connectivity index (χ3v) is 7.36. The summed E-state index contributed by atoms with van der Waals surface area (Å²) in [7, 11) is 0. The maximum Gasteiger partial charge on any atom is 0.254 e. The first kappa shape index (κ1) is 21.0. The Morgan fingerprint density at radius 1 is 0.969 bits per heavy atom. The molecule has 1 saturated heterocycles. The van der Waals surface area contributed by atoms with E-state index in [1.165, 1.54) is 19.3 Å². The van der Waals surface area contributed by atoms with Gasteiger partial charge in [0.25, 0.3) is 5.91 Å². The first-order chi connectivity index (χ1) is 15.6. The highest BCUT2D eigenvalue weighted by Gasteiger charge is 2.34. The van der Waals surface area contributed by atoms with Gasteiger partial charge in [0.2, 0.25) is 5.91 Å². The minimum Gasteiger partial charge on any atom is -0.489 e. The Morgan fingerprint density at radius 2 is 1.72 bits per heavy atom. The lowest BCUT2D eigenvalue weighted by Gasteiger charge is -2.45. The fourth-order valence-corrected chi connectivity index (χ4v) is 5.17. The van der Waals surface area contributed by atoms with Crippen LogP contribution in [0.25, 0.3) is 0 Å². The van der Waals surface area contributed by atoms with E-state index in [0.29, 0.717) is 18.2 Å². The number of piperidine rings is 1. The number of fused-ring (bicyclic) bond motifs is 1. The van der Waals surface area contributed by atoms with Crippen LogP contribution in [0.15, 0.2) is 42.5 Å². The Hall–Kier alpha value is -2.86. The molecule has 2 fully saturated rings. The Labute approximate surface area is 189 Å². The van der Waals surface area contributed by atoms with E-state index in [-0.39, 0.29) is 5.91 Å². The van der Waals surface area contributed by atoms with Crippen molar-refractivity contribution in [3.05, 3.63) is 64.7 Å². The fourth-order valence-electron chi connectivity index (χ4n) is 5.17. The van der Waals surface area contributed by atoms with Gasteiger partial charge in [0.05, 0.1) is 0 Å². The first-order valence-electron chi connectivity index (χ1n) is 11.8. The van der Waals surface area contributed by atoms with Crippen molar-refractivity contribution in [2.45, 2.75) is 57.2 Å². The molecule has 0 unspecified atom stereocenters. The third kappa shape index (κ3) is 4.24. The lowest BCUT2D eigenvalue weighted by atomic mass is 9.88. The van der Waals surface area contributed by atoms with E-state index in [2.05, 4.69) is 9.80 Å². The number of carbonyl (C=O) groups is 2. The summed E-state index contributed by atoms with van der Waals surface area (Å²) in [4.78, 5) is 29.1. The monoisotopic (exact) mass is 433 g/mol. The lowest BCUT2D eigenvalue weighted by molar-refractivity contribution is 0.0414. The highest BCUT2D eigenvalue weighted by Crippen LogP contribution is 2.31. The number of nitrogens with zero attached hydrogens (tertiary/aromatic N) is 2. The van der Waals surface area contributed by atoms with Gasteiger partial charge in [-0.3, -0.25) is 9.59 Å². The number of amides is 2. The van der Waals surface area contributed by atoms with Crippen LogP contribution in [0.1, 0.15) is 63.9 Å². The molecule has 0 spiro atoms. The molecule has 2 heterocycles. The molecule has 2 aromatic rings. The smallest absolute Gasteiger partial charge is 0.254 e. The van der Waals surface area contributed by atoms with Crippen molar-refractivity contribution < 1.29 is 14.3 Å². The zero-order valence-electron chi connectivity index (χ0n) is 18.5. The normalized spacial score (nSPS) is 20.0. The molecule has 6 heteroatoms. The Bertz CT molecular complexity index is 992.